The van der Waals surface area contributed by atoms with E-state index in [2.05, 4.69) is 4.98 Å². The van der Waals surface area contributed by atoms with Crippen LogP contribution in [-0.2, 0) is 4.79 Å². The molecule has 1 fully saturated rings. The van der Waals surface area contributed by atoms with Gasteiger partial charge < -0.3 is 9.64 Å². The Kier molecular flexibility index (Phi) is 5.61. The highest BCUT2D eigenvalue weighted by Crippen LogP contribution is 2.35. The number of ether oxygens (including phenoxy) is 1. The predicted octanol–water partition coefficient (Wildman–Crippen LogP) is 4.37. The first-order chi connectivity index (χ1) is 15.6. The van der Waals surface area contributed by atoms with Crippen LogP contribution in [0.25, 0.3) is 10.6 Å². The maximum atomic E-state index is 13.4. The maximum Gasteiger partial charge on any atom is 0.278 e. The molecule has 0 spiro atoms. The topological polar surface area (TPSA) is 62.7 Å². The number of amides is 2. The van der Waals surface area contributed by atoms with Crippen LogP contribution in [0.15, 0.2) is 53.9 Å². The van der Waals surface area contributed by atoms with Gasteiger partial charge in [0.1, 0.15) is 22.3 Å². The van der Waals surface area contributed by atoms with Gasteiger partial charge in [0.05, 0.1) is 12.2 Å². The van der Waals surface area contributed by atoms with Gasteiger partial charge in [-0.05, 0) is 55.7 Å². The van der Waals surface area contributed by atoms with E-state index in [4.69, 9.17) is 4.74 Å². The van der Waals surface area contributed by atoms with Crippen LogP contribution in [0.1, 0.15) is 29.8 Å². The van der Waals surface area contributed by atoms with E-state index < -0.39 is 6.10 Å². The van der Waals surface area contributed by atoms with Gasteiger partial charge in [0.2, 0.25) is 0 Å². The Hall–Kier alpha value is -3.26. The molecule has 1 saturated heterocycles. The molecule has 6 nitrogen and oxygen atoms in total. The molecule has 1 aromatic heterocycles. The number of anilines is 1. The van der Waals surface area contributed by atoms with Gasteiger partial charge in [0.25, 0.3) is 11.8 Å². The van der Waals surface area contributed by atoms with Gasteiger partial charge in [-0.15, -0.1) is 11.3 Å². The van der Waals surface area contributed by atoms with Crippen molar-refractivity contribution in [3.05, 3.63) is 65.4 Å². The summed E-state index contributed by atoms with van der Waals surface area (Å²) in [7, 11) is 0. The van der Waals surface area contributed by atoms with Crippen LogP contribution in [0.4, 0.5) is 10.1 Å². The summed E-state index contributed by atoms with van der Waals surface area (Å²) in [4.78, 5) is 34.4. The van der Waals surface area contributed by atoms with Crippen molar-refractivity contribution in [1.29, 1.82) is 0 Å². The summed E-state index contributed by atoms with van der Waals surface area (Å²) in [6.45, 7) is 1.58. The van der Waals surface area contributed by atoms with Gasteiger partial charge >= 0.3 is 0 Å². The molecule has 0 N–H and O–H groups in total. The first-order valence-corrected chi connectivity index (χ1v) is 11.6. The van der Waals surface area contributed by atoms with E-state index in [-0.39, 0.29) is 29.9 Å². The summed E-state index contributed by atoms with van der Waals surface area (Å²) in [5.74, 6) is -0.184. The maximum absolute atomic E-state index is 13.4. The molecule has 0 unspecified atom stereocenters. The second-order valence-electron chi connectivity index (χ2n) is 7.92. The number of benzene rings is 2. The number of hydrogen-bond donors (Lipinski definition) is 0. The third-order valence-electron chi connectivity index (χ3n) is 5.78. The lowest BCUT2D eigenvalue weighted by atomic mass is 10.1. The summed E-state index contributed by atoms with van der Waals surface area (Å²) in [5, 5.41) is 2.33. The monoisotopic (exact) mass is 451 g/mol. The lowest BCUT2D eigenvalue weighted by Gasteiger charge is -2.37. The zero-order chi connectivity index (χ0) is 22.1. The van der Waals surface area contributed by atoms with E-state index in [9.17, 15) is 14.0 Å². The molecule has 2 aliphatic heterocycles. The average molecular weight is 452 g/mol. The minimum atomic E-state index is -0.748. The van der Waals surface area contributed by atoms with Crippen LogP contribution >= 0.6 is 11.3 Å². The van der Waals surface area contributed by atoms with Gasteiger partial charge in [0.15, 0.2) is 6.10 Å². The molecule has 3 aromatic rings. The molecule has 0 bridgehead atoms. The van der Waals surface area contributed by atoms with Crippen LogP contribution in [-0.4, -0.2) is 47.4 Å². The summed E-state index contributed by atoms with van der Waals surface area (Å²) in [6.07, 6.45) is 2.36. The van der Waals surface area contributed by atoms with Crippen molar-refractivity contribution in [1.82, 2.24) is 9.88 Å². The molecule has 2 aliphatic rings. The number of carbonyl (C=O) groups excluding carboxylic acids is 2. The molecular formula is C24H22FN3O3S. The highest BCUT2D eigenvalue weighted by atomic mass is 32.1. The van der Waals surface area contributed by atoms with Gasteiger partial charge in [-0.1, -0.05) is 12.1 Å². The number of likely N-dealkylation sites (tertiary alicyclic amines) is 1. The Bertz CT molecular complexity index is 1140. The molecule has 0 saturated carbocycles. The summed E-state index contributed by atoms with van der Waals surface area (Å²) < 4.78 is 19.2. The highest BCUT2D eigenvalue weighted by Gasteiger charge is 2.37. The van der Waals surface area contributed by atoms with Crippen LogP contribution < -0.4 is 9.64 Å². The minimum absolute atomic E-state index is 0.0812. The first-order valence-electron chi connectivity index (χ1n) is 10.7. The highest BCUT2D eigenvalue weighted by molar-refractivity contribution is 7.13. The zero-order valence-electron chi connectivity index (χ0n) is 17.4. The fourth-order valence-corrected chi connectivity index (χ4v) is 4.91. The van der Waals surface area contributed by atoms with Crippen LogP contribution in [0.3, 0.4) is 0 Å². The molecule has 5 rings (SSSR count). The molecule has 32 heavy (non-hydrogen) atoms. The largest absolute Gasteiger partial charge is 0.476 e. The van der Waals surface area contributed by atoms with E-state index >= 15 is 0 Å². The minimum Gasteiger partial charge on any atom is -0.476 e. The first kappa shape index (κ1) is 20.6. The Morgan fingerprint density at radius 2 is 1.78 bits per heavy atom. The van der Waals surface area contributed by atoms with Crippen molar-refractivity contribution in [2.24, 2.45) is 0 Å². The van der Waals surface area contributed by atoms with Gasteiger partial charge in [-0.3, -0.25) is 14.5 Å². The number of rotatable bonds is 3. The number of fused-ring (bicyclic) bond motifs is 1. The van der Waals surface area contributed by atoms with Crippen molar-refractivity contribution >= 4 is 28.8 Å². The van der Waals surface area contributed by atoms with Crippen molar-refractivity contribution in [3.63, 3.8) is 0 Å². The number of para-hydroxylation sites is 2. The zero-order valence-corrected chi connectivity index (χ0v) is 18.2. The van der Waals surface area contributed by atoms with Crippen molar-refractivity contribution < 1.29 is 18.7 Å². The SMILES string of the molecule is O=C([C@H]1CN(C(=O)c2csc(-c3ccc(F)cc3)n2)c2ccccc2O1)N1CCCCC1. The van der Waals surface area contributed by atoms with Crippen LogP contribution in [0.5, 0.6) is 5.75 Å². The Labute approximate surface area is 189 Å². The van der Waals surface area contributed by atoms with Crippen LogP contribution in [0.2, 0.25) is 0 Å². The number of halogens is 1. The molecule has 0 aliphatic carbocycles. The molecule has 164 valence electrons. The van der Waals surface area contributed by atoms with Gasteiger partial charge in [0, 0.05) is 24.0 Å². The van der Waals surface area contributed by atoms with Crippen molar-refractivity contribution in [2.45, 2.75) is 25.4 Å². The van der Waals surface area contributed by atoms with Gasteiger partial charge in [-0.2, -0.15) is 0 Å². The molecule has 0 radical (unpaired) electrons. The number of aromatic nitrogens is 1. The second-order valence-corrected chi connectivity index (χ2v) is 8.78. The van der Waals surface area contributed by atoms with Crippen molar-refractivity contribution in [2.75, 3.05) is 24.5 Å². The fourth-order valence-electron chi connectivity index (χ4n) is 4.11. The van der Waals surface area contributed by atoms with E-state index in [0.29, 0.717) is 16.4 Å². The number of hydrogen-bond acceptors (Lipinski definition) is 5. The summed E-state index contributed by atoms with van der Waals surface area (Å²) in [6, 6.07) is 13.3. The normalized spacial score (nSPS) is 18.1. The third-order valence-corrected chi connectivity index (χ3v) is 6.67. The quantitative estimate of drug-likeness (QED) is 0.593. The number of carbonyl (C=O) groups is 2. The average Bonchev–Trinajstić information content (AvgIpc) is 3.34. The third kappa shape index (κ3) is 3.98. The Morgan fingerprint density at radius 3 is 2.56 bits per heavy atom. The number of nitrogens with zero attached hydrogens (tertiary/aromatic N) is 3. The van der Waals surface area contributed by atoms with Gasteiger partial charge in [-0.25, -0.2) is 9.37 Å². The van der Waals surface area contributed by atoms with E-state index in [1.807, 2.05) is 23.1 Å². The van der Waals surface area contributed by atoms with E-state index in [0.717, 1.165) is 37.9 Å². The number of piperidine rings is 1. The van der Waals surface area contributed by atoms with Crippen molar-refractivity contribution in [3.8, 4) is 16.3 Å². The number of thiazole rings is 1. The molecule has 2 aromatic carbocycles. The predicted molar refractivity (Wildman–Crippen MR) is 120 cm³/mol. The second kappa shape index (κ2) is 8.70. The lowest BCUT2D eigenvalue weighted by molar-refractivity contribution is -0.139. The van der Waals surface area contributed by atoms with Crippen LogP contribution in [0, 0.1) is 5.82 Å². The Balaban J connectivity index is 1.42. The molecule has 1 atom stereocenters. The fraction of sp³-hybridized carbons (Fsp3) is 0.292. The van der Waals surface area contributed by atoms with E-state index in [1.165, 1.54) is 23.5 Å². The molecule has 8 heteroatoms. The molecular weight excluding hydrogens is 429 g/mol. The molecule has 2 amide bonds. The molecule has 3 heterocycles. The Morgan fingerprint density at radius 1 is 1.03 bits per heavy atom. The smallest absolute Gasteiger partial charge is 0.278 e. The van der Waals surface area contributed by atoms with E-state index in [1.54, 1.807) is 28.5 Å². The summed E-state index contributed by atoms with van der Waals surface area (Å²) >= 11 is 1.32. The summed E-state index contributed by atoms with van der Waals surface area (Å²) in [5.41, 5.74) is 1.66. The lowest BCUT2D eigenvalue weighted by Crippen LogP contribution is -2.52. The standard InChI is InChI=1S/C24H22FN3O3S/c25-17-10-8-16(9-11-17)22-26-18(15-32-22)23(29)28-14-21(24(30)27-12-4-1-5-13-27)31-20-7-3-2-6-19(20)28/h2-3,6-11,15,21H,1,4-5,12-14H2/t21-/m1/s1.